The Morgan fingerprint density at radius 3 is 1.12 bits per heavy atom. The minimum Gasteiger partial charge on any atom is -0.481 e. The van der Waals surface area contributed by atoms with Gasteiger partial charge in [-0.25, -0.2) is 0 Å². The fraction of sp³-hybridized carbons (Fsp3) is 0.833. The molecule has 0 aromatic rings. The molecule has 3 fully saturated rings. The topological polar surface area (TPSA) is 74.6 Å². The molecule has 88 valence electrons. The van der Waals surface area contributed by atoms with E-state index in [1.54, 1.807) is 0 Å². The molecule has 6 atom stereocenters. The van der Waals surface area contributed by atoms with E-state index in [4.69, 9.17) is 0 Å². The van der Waals surface area contributed by atoms with Gasteiger partial charge in [0.05, 0.1) is 11.8 Å². The van der Waals surface area contributed by atoms with Crippen molar-refractivity contribution in [3.8, 4) is 0 Å². The molecule has 4 nitrogen and oxygen atoms in total. The van der Waals surface area contributed by atoms with Crippen LogP contribution in [0, 0.1) is 35.5 Å². The molecule has 4 bridgehead atoms. The maximum Gasteiger partial charge on any atom is 0.307 e. The number of fused-ring (bicyclic) bond motifs is 6. The Morgan fingerprint density at radius 2 is 0.938 bits per heavy atom. The zero-order valence-corrected chi connectivity index (χ0v) is 9.00. The van der Waals surface area contributed by atoms with Crippen molar-refractivity contribution in [2.75, 3.05) is 0 Å². The fourth-order valence-corrected chi connectivity index (χ4v) is 4.78. The van der Waals surface area contributed by atoms with Crippen LogP contribution in [0.15, 0.2) is 0 Å². The summed E-state index contributed by atoms with van der Waals surface area (Å²) < 4.78 is 0. The monoisotopic (exact) mass is 224 g/mol. The Kier molecular flexibility index (Phi) is 2.03. The Morgan fingerprint density at radius 1 is 0.688 bits per heavy atom. The van der Waals surface area contributed by atoms with Gasteiger partial charge in [-0.15, -0.1) is 0 Å². The summed E-state index contributed by atoms with van der Waals surface area (Å²) >= 11 is 0. The van der Waals surface area contributed by atoms with E-state index in [0.717, 1.165) is 25.7 Å². The summed E-state index contributed by atoms with van der Waals surface area (Å²) in [5.74, 6) is -1.41. The van der Waals surface area contributed by atoms with Crippen molar-refractivity contribution in [3.05, 3.63) is 0 Å². The summed E-state index contributed by atoms with van der Waals surface area (Å²) in [6.07, 6.45) is 3.69. The van der Waals surface area contributed by atoms with Gasteiger partial charge in [0.1, 0.15) is 0 Å². The molecule has 0 heterocycles. The normalized spacial score (nSPS) is 49.2. The van der Waals surface area contributed by atoms with E-state index >= 15 is 0 Å². The maximum atomic E-state index is 11.3. The van der Waals surface area contributed by atoms with Gasteiger partial charge in [-0.1, -0.05) is 0 Å². The molecule has 0 aromatic heterocycles. The highest BCUT2D eigenvalue weighted by Gasteiger charge is 2.61. The van der Waals surface area contributed by atoms with Crippen molar-refractivity contribution in [2.24, 2.45) is 35.5 Å². The van der Waals surface area contributed by atoms with Crippen LogP contribution in [-0.2, 0) is 9.59 Å². The number of carboxylic acid groups (broad SMARTS) is 2. The van der Waals surface area contributed by atoms with Crippen LogP contribution in [0.3, 0.4) is 0 Å². The SMILES string of the molecule is O=C(O)C1[C@H]2CC[C@H]1[C@H]1CC[C@@H]2C1C(=O)O. The van der Waals surface area contributed by atoms with Crippen LogP contribution >= 0.6 is 0 Å². The number of carbonyl (C=O) groups is 2. The predicted octanol–water partition coefficient (Wildman–Crippen LogP) is 1.45. The smallest absolute Gasteiger partial charge is 0.307 e. The number of hydrogen-bond acceptors (Lipinski definition) is 2. The fourth-order valence-electron chi connectivity index (χ4n) is 4.78. The quantitative estimate of drug-likeness (QED) is 0.744. The van der Waals surface area contributed by atoms with Gasteiger partial charge in [0.25, 0.3) is 0 Å². The van der Waals surface area contributed by atoms with Crippen LogP contribution in [0.1, 0.15) is 25.7 Å². The first-order chi connectivity index (χ1) is 7.61. The van der Waals surface area contributed by atoms with E-state index in [-0.39, 0.29) is 35.5 Å². The first-order valence-electron chi connectivity index (χ1n) is 6.07. The predicted molar refractivity (Wildman–Crippen MR) is 54.7 cm³/mol. The van der Waals surface area contributed by atoms with Crippen LogP contribution in [0.4, 0.5) is 0 Å². The summed E-state index contributed by atoms with van der Waals surface area (Å²) in [6, 6.07) is 0. The second-order valence-corrected chi connectivity index (χ2v) is 5.54. The van der Waals surface area contributed by atoms with Crippen LogP contribution < -0.4 is 0 Å². The van der Waals surface area contributed by atoms with Gasteiger partial charge in [-0.3, -0.25) is 9.59 Å². The summed E-state index contributed by atoms with van der Waals surface area (Å²) in [7, 11) is 0. The molecule has 3 aliphatic rings. The van der Waals surface area contributed by atoms with Crippen molar-refractivity contribution in [3.63, 3.8) is 0 Å². The van der Waals surface area contributed by atoms with Crippen molar-refractivity contribution < 1.29 is 19.8 Å². The molecule has 4 heteroatoms. The van der Waals surface area contributed by atoms with Crippen molar-refractivity contribution in [2.45, 2.75) is 25.7 Å². The van der Waals surface area contributed by atoms with Crippen molar-refractivity contribution in [1.82, 2.24) is 0 Å². The lowest BCUT2D eigenvalue weighted by atomic mass is 9.65. The lowest BCUT2D eigenvalue weighted by Gasteiger charge is -2.37. The molecule has 3 rings (SSSR count). The van der Waals surface area contributed by atoms with E-state index in [9.17, 15) is 19.8 Å². The highest BCUT2D eigenvalue weighted by atomic mass is 16.4. The van der Waals surface area contributed by atoms with E-state index in [2.05, 4.69) is 0 Å². The Balaban J connectivity index is 1.97. The van der Waals surface area contributed by atoms with E-state index < -0.39 is 11.9 Å². The second kappa shape index (κ2) is 3.22. The van der Waals surface area contributed by atoms with Crippen LogP contribution in [0.25, 0.3) is 0 Å². The van der Waals surface area contributed by atoms with Gasteiger partial charge in [0.2, 0.25) is 0 Å². The number of rotatable bonds is 2. The molecule has 2 unspecified atom stereocenters. The third-order valence-electron chi connectivity index (χ3n) is 5.18. The third-order valence-corrected chi connectivity index (χ3v) is 5.18. The average Bonchev–Trinajstić information content (AvgIpc) is 2.68. The number of carboxylic acids is 2. The minimum atomic E-state index is -0.701. The Bertz CT molecular complexity index is 297. The maximum absolute atomic E-state index is 11.3. The molecule has 2 N–H and O–H groups in total. The number of aliphatic carboxylic acids is 2. The zero-order chi connectivity index (χ0) is 11.4. The second-order valence-electron chi connectivity index (χ2n) is 5.54. The van der Waals surface area contributed by atoms with Crippen LogP contribution in [-0.4, -0.2) is 22.2 Å². The van der Waals surface area contributed by atoms with Gasteiger partial charge >= 0.3 is 11.9 Å². The largest absolute Gasteiger partial charge is 0.481 e. The molecule has 3 saturated carbocycles. The molecule has 0 aliphatic heterocycles. The summed E-state index contributed by atoms with van der Waals surface area (Å²) in [6.45, 7) is 0. The van der Waals surface area contributed by atoms with Crippen LogP contribution in [0.2, 0.25) is 0 Å². The summed E-state index contributed by atoms with van der Waals surface area (Å²) in [4.78, 5) is 22.5. The lowest BCUT2D eigenvalue weighted by Crippen LogP contribution is -2.43. The first-order valence-corrected chi connectivity index (χ1v) is 6.07. The average molecular weight is 224 g/mol. The van der Waals surface area contributed by atoms with E-state index in [1.165, 1.54) is 0 Å². The van der Waals surface area contributed by atoms with Crippen molar-refractivity contribution >= 4 is 11.9 Å². The van der Waals surface area contributed by atoms with Crippen molar-refractivity contribution in [1.29, 1.82) is 0 Å². The highest BCUT2D eigenvalue weighted by molar-refractivity contribution is 5.75. The first kappa shape index (κ1) is 10.1. The van der Waals surface area contributed by atoms with Gasteiger partial charge in [0, 0.05) is 0 Å². The molecule has 0 amide bonds. The highest BCUT2D eigenvalue weighted by Crippen LogP contribution is 2.61. The van der Waals surface area contributed by atoms with Gasteiger partial charge in [-0.05, 0) is 49.4 Å². The van der Waals surface area contributed by atoms with E-state index in [0.29, 0.717) is 0 Å². The minimum absolute atomic E-state index is 0.127. The Hall–Kier alpha value is -1.06. The lowest BCUT2D eigenvalue weighted by molar-refractivity contribution is -0.156. The van der Waals surface area contributed by atoms with Crippen LogP contribution in [0.5, 0.6) is 0 Å². The third kappa shape index (κ3) is 1.10. The summed E-state index contributed by atoms with van der Waals surface area (Å²) in [5, 5.41) is 18.5. The number of hydrogen-bond donors (Lipinski definition) is 2. The van der Waals surface area contributed by atoms with E-state index in [1.807, 2.05) is 0 Å². The molecule has 0 saturated heterocycles. The molecular formula is C12H16O4. The Labute approximate surface area is 93.6 Å². The molecule has 0 spiro atoms. The molecule has 16 heavy (non-hydrogen) atoms. The summed E-state index contributed by atoms with van der Waals surface area (Å²) in [5.41, 5.74) is 0. The zero-order valence-electron chi connectivity index (χ0n) is 9.00. The molecular weight excluding hydrogens is 208 g/mol. The van der Waals surface area contributed by atoms with Gasteiger partial charge in [0.15, 0.2) is 0 Å². The van der Waals surface area contributed by atoms with Gasteiger partial charge in [-0.2, -0.15) is 0 Å². The molecule has 3 aliphatic carbocycles. The standard InChI is InChI=1S/C12H16O4/c13-11(14)9-5-1-2-6(9)8-4-3-7(5)10(8)12(15)16/h5-10H,1-4H2,(H,13,14)(H,15,16)/t5-,6-,7-,8+,9?,10?/m0/s1. The molecule has 0 radical (unpaired) electrons. The molecule has 0 aromatic carbocycles. The van der Waals surface area contributed by atoms with Gasteiger partial charge < -0.3 is 10.2 Å².